The Morgan fingerprint density at radius 3 is 2.90 bits per heavy atom. The van der Waals surface area contributed by atoms with Crippen molar-refractivity contribution in [3.8, 4) is 0 Å². The van der Waals surface area contributed by atoms with Crippen LogP contribution < -0.4 is 5.32 Å². The van der Waals surface area contributed by atoms with Crippen molar-refractivity contribution in [2.75, 3.05) is 32.8 Å². The number of ether oxygens (including phenoxy) is 1. The standard InChI is InChI=1S/C17H24N2O2/c1-2-19(11-6-9-15-7-4-3-5-8-15)17(20)13-16-14-18-10-12-21-16/h3-9,16,18H,2,10-14H2,1H3/b9-6+/t16-/m1/s1. The molecule has 1 aliphatic rings. The molecule has 0 aliphatic carbocycles. The summed E-state index contributed by atoms with van der Waals surface area (Å²) in [5.41, 5.74) is 1.15. The molecular weight excluding hydrogens is 264 g/mol. The molecule has 1 aliphatic heterocycles. The first-order chi connectivity index (χ1) is 10.3. The van der Waals surface area contributed by atoms with Gasteiger partial charge >= 0.3 is 0 Å². The number of carbonyl (C=O) groups excluding carboxylic acids is 1. The topological polar surface area (TPSA) is 41.6 Å². The smallest absolute Gasteiger partial charge is 0.225 e. The molecule has 4 heteroatoms. The zero-order chi connectivity index (χ0) is 14.9. The van der Waals surface area contributed by atoms with Crippen LogP contribution in [0.5, 0.6) is 0 Å². The molecule has 1 heterocycles. The quantitative estimate of drug-likeness (QED) is 0.869. The summed E-state index contributed by atoms with van der Waals surface area (Å²) >= 11 is 0. The Hall–Kier alpha value is -1.65. The minimum absolute atomic E-state index is 0.0124. The van der Waals surface area contributed by atoms with Gasteiger partial charge in [-0.05, 0) is 12.5 Å². The Labute approximate surface area is 126 Å². The largest absolute Gasteiger partial charge is 0.375 e. The van der Waals surface area contributed by atoms with Crippen molar-refractivity contribution in [3.63, 3.8) is 0 Å². The van der Waals surface area contributed by atoms with Crippen molar-refractivity contribution in [2.45, 2.75) is 19.4 Å². The fourth-order valence-corrected chi connectivity index (χ4v) is 2.36. The molecule has 0 bridgehead atoms. The average Bonchev–Trinajstić information content (AvgIpc) is 2.53. The number of amides is 1. The van der Waals surface area contributed by atoms with Gasteiger partial charge in [-0.2, -0.15) is 0 Å². The molecule has 21 heavy (non-hydrogen) atoms. The van der Waals surface area contributed by atoms with Crippen molar-refractivity contribution < 1.29 is 9.53 Å². The van der Waals surface area contributed by atoms with Crippen LogP contribution in [0.1, 0.15) is 18.9 Å². The first kappa shape index (κ1) is 15.7. The van der Waals surface area contributed by atoms with Gasteiger partial charge in [-0.25, -0.2) is 0 Å². The summed E-state index contributed by atoms with van der Waals surface area (Å²) in [5.74, 6) is 0.156. The second-order valence-corrected chi connectivity index (χ2v) is 5.15. The van der Waals surface area contributed by atoms with Gasteiger partial charge in [0.1, 0.15) is 0 Å². The SMILES string of the molecule is CCN(C/C=C/c1ccccc1)C(=O)C[C@@H]1CNCCO1. The second-order valence-electron chi connectivity index (χ2n) is 5.15. The summed E-state index contributed by atoms with van der Waals surface area (Å²) in [5, 5.41) is 3.25. The lowest BCUT2D eigenvalue weighted by Gasteiger charge is -2.26. The molecule has 1 amide bonds. The van der Waals surface area contributed by atoms with E-state index in [0.717, 1.165) is 25.2 Å². The van der Waals surface area contributed by atoms with Gasteiger partial charge in [-0.3, -0.25) is 4.79 Å². The summed E-state index contributed by atoms with van der Waals surface area (Å²) in [7, 11) is 0. The van der Waals surface area contributed by atoms with Crippen LogP contribution >= 0.6 is 0 Å². The van der Waals surface area contributed by atoms with E-state index in [9.17, 15) is 4.79 Å². The minimum atomic E-state index is 0.0124. The highest BCUT2D eigenvalue weighted by molar-refractivity contribution is 5.77. The maximum Gasteiger partial charge on any atom is 0.225 e. The van der Waals surface area contributed by atoms with E-state index in [1.807, 2.05) is 36.1 Å². The van der Waals surface area contributed by atoms with Gasteiger partial charge < -0.3 is 15.0 Å². The van der Waals surface area contributed by atoms with Crippen molar-refractivity contribution in [1.29, 1.82) is 0 Å². The van der Waals surface area contributed by atoms with E-state index in [0.29, 0.717) is 19.6 Å². The maximum absolute atomic E-state index is 12.3. The summed E-state index contributed by atoms with van der Waals surface area (Å²) < 4.78 is 5.59. The van der Waals surface area contributed by atoms with Crippen LogP contribution in [0.15, 0.2) is 36.4 Å². The van der Waals surface area contributed by atoms with E-state index < -0.39 is 0 Å². The number of likely N-dealkylation sites (N-methyl/N-ethyl adjacent to an activating group) is 1. The van der Waals surface area contributed by atoms with Crippen LogP contribution in [-0.2, 0) is 9.53 Å². The van der Waals surface area contributed by atoms with E-state index in [2.05, 4.69) is 23.5 Å². The first-order valence-corrected chi connectivity index (χ1v) is 7.61. The third kappa shape index (κ3) is 5.33. The lowest BCUT2D eigenvalue weighted by atomic mass is 10.2. The summed E-state index contributed by atoms with van der Waals surface area (Å²) in [6, 6.07) is 10.1. The van der Waals surface area contributed by atoms with Gasteiger partial charge in [0.25, 0.3) is 0 Å². The van der Waals surface area contributed by atoms with Crippen LogP contribution in [0.25, 0.3) is 6.08 Å². The fraction of sp³-hybridized carbons (Fsp3) is 0.471. The Morgan fingerprint density at radius 2 is 2.24 bits per heavy atom. The van der Waals surface area contributed by atoms with Crippen LogP contribution in [0, 0.1) is 0 Å². The van der Waals surface area contributed by atoms with Gasteiger partial charge in [0.2, 0.25) is 5.91 Å². The van der Waals surface area contributed by atoms with Gasteiger partial charge in [-0.1, -0.05) is 42.5 Å². The van der Waals surface area contributed by atoms with E-state index in [4.69, 9.17) is 4.74 Å². The van der Waals surface area contributed by atoms with E-state index in [1.54, 1.807) is 0 Å². The molecule has 1 N–H and O–H groups in total. The molecule has 0 saturated carbocycles. The third-order valence-corrected chi connectivity index (χ3v) is 3.58. The summed E-state index contributed by atoms with van der Waals surface area (Å²) in [6.07, 6.45) is 4.56. The monoisotopic (exact) mass is 288 g/mol. The zero-order valence-corrected chi connectivity index (χ0v) is 12.6. The number of benzene rings is 1. The number of nitrogens with one attached hydrogen (secondary N) is 1. The third-order valence-electron chi connectivity index (χ3n) is 3.58. The van der Waals surface area contributed by atoms with E-state index in [-0.39, 0.29) is 12.0 Å². The lowest BCUT2D eigenvalue weighted by Crippen LogP contribution is -2.42. The predicted octanol–water partition coefficient (Wildman–Crippen LogP) is 1.93. The molecule has 1 aromatic rings. The van der Waals surface area contributed by atoms with Gasteiger partial charge in [0.05, 0.1) is 19.1 Å². The molecule has 0 radical (unpaired) electrons. The Kier molecular flexibility index (Phi) is 6.44. The molecule has 1 aromatic carbocycles. The van der Waals surface area contributed by atoms with Gasteiger partial charge in [-0.15, -0.1) is 0 Å². The number of morpholine rings is 1. The minimum Gasteiger partial charge on any atom is -0.375 e. The molecule has 1 fully saturated rings. The normalized spacial score (nSPS) is 18.8. The number of hydrogen-bond donors (Lipinski definition) is 1. The lowest BCUT2D eigenvalue weighted by molar-refractivity contribution is -0.134. The van der Waals surface area contributed by atoms with Crippen molar-refractivity contribution in [2.24, 2.45) is 0 Å². The first-order valence-electron chi connectivity index (χ1n) is 7.61. The van der Waals surface area contributed by atoms with Crippen LogP contribution in [-0.4, -0.2) is 49.7 Å². The average molecular weight is 288 g/mol. The maximum atomic E-state index is 12.3. The molecular formula is C17H24N2O2. The molecule has 1 saturated heterocycles. The van der Waals surface area contributed by atoms with Crippen molar-refractivity contribution >= 4 is 12.0 Å². The Balaban J connectivity index is 1.81. The van der Waals surface area contributed by atoms with E-state index in [1.165, 1.54) is 0 Å². The second kappa shape index (κ2) is 8.60. The highest BCUT2D eigenvalue weighted by Crippen LogP contribution is 2.06. The predicted molar refractivity (Wildman–Crippen MR) is 85.0 cm³/mol. The molecule has 1 atom stereocenters. The Bertz CT molecular complexity index is 453. The molecule has 0 unspecified atom stereocenters. The summed E-state index contributed by atoms with van der Waals surface area (Å²) in [4.78, 5) is 14.1. The number of hydrogen-bond acceptors (Lipinski definition) is 3. The van der Waals surface area contributed by atoms with Crippen molar-refractivity contribution in [1.82, 2.24) is 10.2 Å². The Morgan fingerprint density at radius 1 is 1.43 bits per heavy atom. The van der Waals surface area contributed by atoms with Gasteiger partial charge in [0, 0.05) is 26.2 Å². The molecule has 4 nitrogen and oxygen atoms in total. The number of nitrogens with zero attached hydrogens (tertiary/aromatic N) is 1. The molecule has 0 aromatic heterocycles. The summed E-state index contributed by atoms with van der Waals surface area (Å²) in [6.45, 7) is 5.71. The number of rotatable bonds is 6. The van der Waals surface area contributed by atoms with E-state index >= 15 is 0 Å². The molecule has 0 spiro atoms. The molecule has 2 rings (SSSR count). The van der Waals surface area contributed by atoms with Crippen LogP contribution in [0.4, 0.5) is 0 Å². The van der Waals surface area contributed by atoms with Gasteiger partial charge in [0.15, 0.2) is 0 Å². The van der Waals surface area contributed by atoms with Crippen molar-refractivity contribution in [3.05, 3.63) is 42.0 Å². The molecule has 114 valence electrons. The van der Waals surface area contributed by atoms with Crippen LogP contribution in [0.3, 0.4) is 0 Å². The highest BCUT2D eigenvalue weighted by atomic mass is 16.5. The fourth-order valence-electron chi connectivity index (χ4n) is 2.36. The van der Waals surface area contributed by atoms with Crippen LogP contribution in [0.2, 0.25) is 0 Å². The zero-order valence-electron chi connectivity index (χ0n) is 12.6. The number of carbonyl (C=O) groups is 1. The highest BCUT2D eigenvalue weighted by Gasteiger charge is 2.20.